The summed E-state index contributed by atoms with van der Waals surface area (Å²) in [5, 5.41) is 3.33. The van der Waals surface area contributed by atoms with Gasteiger partial charge in [-0.1, -0.05) is 12.8 Å². The van der Waals surface area contributed by atoms with Crippen molar-refractivity contribution in [3.8, 4) is 12.3 Å². The third-order valence-electron chi connectivity index (χ3n) is 2.12. The van der Waals surface area contributed by atoms with Crippen LogP contribution in [0.1, 0.15) is 26.2 Å². The predicted molar refractivity (Wildman–Crippen MR) is 39.1 cm³/mol. The van der Waals surface area contributed by atoms with Crippen molar-refractivity contribution in [3.63, 3.8) is 0 Å². The highest BCUT2D eigenvalue weighted by Gasteiger charge is 2.28. The summed E-state index contributed by atoms with van der Waals surface area (Å²) in [6.07, 6.45) is 8.81. The van der Waals surface area contributed by atoms with Crippen LogP contribution in [0, 0.1) is 12.3 Å². The van der Waals surface area contributed by atoms with E-state index in [0.29, 0.717) is 0 Å². The maximum Gasteiger partial charge on any atom is 0.0796 e. The molecule has 1 N–H and O–H groups in total. The van der Waals surface area contributed by atoms with E-state index in [-0.39, 0.29) is 5.54 Å². The first-order valence-electron chi connectivity index (χ1n) is 3.56. The second-order valence-electron chi connectivity index (χ2n) is 2.61. The molecule has 0 aromatic carbocycles. The maximum absolute atomic E-state index is 5.37. The first-order valence-corrected chi connectivity index (χ1v) is 3.56. The Morgan fingerprint density at radius 3 is 2.78 bits per heavy atom. The highest BCUT2D eigenvalue weighted by molar-refractivity contribution is 5.14. The van der Waals surface area contributed by atoms with Crippen LogP contribution in [0.2, 0.25) is 0 Å². The van der Waals surface area contributed by atoms with Crippen LogP contribution in [-0.2, 0) is 0 Å². The summed E-state index contributed by atoms with van der Waals surface area (Å²) in [6.45, 7) is 3.23. The van der Waals surface area contributed by atoms with E-state index >= 15 is 0 Å². The second kappa shape index (κ2) is 2.41. The zero-order valence-electron chi connectivity index (χ0n) is 5.91. The second-order valence-corrected chi connectivity index (χ2v) is 2.61. The van der Waals surface area contributed by atoms with Crippen molar-refractivity contribution in [2.24, 2.45) is 0 Å². The summed E-state index contributed by atoms with van der Waals surface area (Å²) < 4.78 is 0. The number of hydrogen-bond acceptors (Lipinski definition) is 1. The minimum Gasteiger partial charge on any atom is -0.301 e. The molecule has 0 spiro atoms. The Morgan fingerprint density at radius 2 is 2.56 bits per heavy atom. The van der Waals surface area contributed by atoms with Gasteiger partial charge in [0.25, 0.3) is 0 Å². The Balaban J connectivity index is 2.59. The summed E-state index contributed by atoms with van der Waals surface area (Å²) >= 11 is 0. The fraction of sp³-hybridized carbons (Fsp3) is 0.750. The Kier molecular flexibility index (Phi) is 1.78. The molecular formula is C8H13N. The van der Waals surface area contributed by atoms with Crippen molar-refractivity contribution in [1.29, 1.82) is 0 Å². The van der Waals surface area contributed by atoms with Crippen molar-refractivity contribution in [2.45, 2.75) is 31.7 Å². The van der Waals surface area contributed by atoms with Crippen LogP contribution in [-0.4, -0.2) is 12.1 Å². The van der Waals surface area contributed by atoms with Gasteiger partial charge in [0.05, 0.1) is 5.54 Å². The van der Waals surface area contributed by atoms with Gasteiger partial charge in [0.2, 0.25) is 0 Å². The fourth-order valence-electron chi connectivity index (χ4n) is 1.33. The van der Waals surface area contributed by atoms with Crippen molar-refractivity contribution >= 4 is 0 Å². The molecule has 9 heavy (non-hydrogen) atoms. The SMILES string of the molecule is C#CC1(CC)CCCN1. The van der Waals surface area contributed by atoms with Crippen molar-refractivity contribution in [1.82, 2.24) is 5.32 Å². The van der Waals surface area contributed by atoms with Crippen LogP contribution in [0.4, 0.5) is 0 Å². The largest absolute Gasteiger partial charge is 0.301 e. The Bertz CT molecular complexity index is 126. The maximum atomic E-state index is 5.37. The number of nitrogens with one attached hydrogen (secondary N) is 1. The zero-order chi connectivity index (χ0) is 6.74. The standard InChI is InChI=1S/C8H13N/c1-3-8(4-2)6-5-7-9-8/h1,9H,4-7H2,2H3. The lowest BCUT2D eigenvalue weighted by Crippen LogP contribution is -2.36. The monoisotopic (exact) mass is 123 g/mol. The predicted octanol–water partition coefficient (Wildman–Crippen LogP) is 1.15. The molecule has 1 unspecified atom stereocenters. The smallest absolute Gasteiger partial charge is 0.0796 e. The van der Waals surface area contributed by atoms with Gasteiger partial charge in [-0.05, 0) is 25.8 Å². The van der Waals surface area contributed by atoms with Gasteiger partial charge in [-0.25, -0.2) is 0 Å². The molecule has 1 atom stereocenters. The van der Waals surface area contributed by atoms with Crippen LogP contribution < -0.4 is 5.32 Å². The summed E-state index contributed by atoms with van der Waals surface area (Å²) in [6, 6.07) is 0. The van der Waals surface area contributed by atoms with Gasteiger partial charge in [-0.2, -0.15) is 0 Å². The lowest BCUT2D eigenvalue weighted by molar-refractivity contribution is 0.474. The molecule has 1 nitrogen and oxygen atoms in total. The van der Waals surface area contributed by atoms with E-state index in [0.717, 1.165) is 19.4 Å². The summed E-state index contributed by atoms with van der Waals surface area (Å²) in [7, 11) is 0. The Morgan fingerprint density at radius 1 is 1.78 bits per heavy atom. The van der Waals surface area contributed by atoms with E-state index < -0.39 is 0 Å². The first kappa shape index (κ1) is 6.64. The molecule has 1 rings (SSSR count). The zero-order valence-corrected chi connectivity index (χ0v) is 5.91. The van der Waals surface area contributed by atoms with Gasteiger partial charge in [-0.15, -0.1) is 6.42 Å². The average molecular weight is 123 g/mol. The van der Waals surface area contributed by atoms with Gasteiger partial charge < -0.3 is 5.32 Å². The molecule has 0 aromatic rings. The molecule has 50 valence electrons. The molecule has 0 amide bonds. The quantitative estimate of drug-likeness (QED) is 0.516. The lowest BCUT2D eigenvalue weighted by Gasteiger charge is -2.19. The summed E-state index contributed by atoms with van der Waals surface area (Å²) in [5.74, 6) is 2.82. The number of hydrogen-bond donors (Lipinski definition) is 1. The van der Waals surface area contributed by atoms with Crippen LogP contribution >= 0.6 is 0 Å². The van der Waals surface area contributed by atoms with Crippen LogP contribution in [0.25, 0.3) is 0 Å². The molecule has 1 aliphatic heterocycles. The summed E-state index contributed by atoms with van der Waals surface area (Å²) in [5.41, 5.74) is 0.0556. The van der Waals surface area contributed by atoms with Gasteiger partial charge in [0.1, 0.15) is 0 Å². The normalized spacial score (nSPS) is 34.2. The molecule has 1 fully saturated rings. The highest BCUT2D eigenvalue weighted by Crippen LogP contribution is 2.20. The van der Waals surface area contributed by atoms with Gasteiger partial charge >= 0.3 is 0 Å². The Hall–Kier alpha value is -0.480. The molecule has 0 saturated carbocycles. The molecule has 0 aliphatic carbocycles. The van der Waals surface area contributed by atoms with Gasteiger partial charge in [0.15, 0.2) is 0 Å². The molecule has 0 radical (unpaired) electrons. The van der Waals surface area contributed by atoms with E-state index in [1.807, 2.05) is 0 Å². The van der Waals surface area contributed by atoms with Crippen molar-refractivity contribution < 1.29 is 0 Å². The van der Waals surface area contributed by atoms with Crippen molar-refractivity contribution in [2.75, 3.05) is 6.54 Å². The van der Waals surface area contributed by atoms with E-state index in [2.05, 4.69) is 18.2 Å². The van der Waals surface area contributed by atoms with Gasteiger partial charge in [-0.3, -0.25) is 0 Å². The highest BCUT2D eigenvalue weighted by atomic mass is 15.0. The third-order valence-corrected chi connectivity index (χ3v) is 2.12. The van der Waals surface area contributed by atoms with E-state index in [1.165, 1.54) is 6.42 Å². The van der Waals surface area contributed by atoms with E-state index in [1.54, 1.807) is 0 Å². The first-order chi connectivity index (χ1) is 4.33. The molecule has 1 saturated heterocycles. The van der Waals surface area contributed by atoms with E-state index in [9.17, 15) is 0 Å². The minimum atomic E-state index is 0.0556. The van der Waals surface area contributed by atoms with Crippen molar-refractivity contribution in [3.05, 3.63) is 0 Å². The lowest BCUT2D eigenvalue weighted by atomic mass is 9.96. The molecule has 0 aromatic heterocycles. The number of terminal acetylenes is 1. The number of rotatable bonds is 1. The third kappa shape index (κ3) is 1.09. The van der Waals surface area contributed by atoms with Crippen LogP contribution in [0.5, 0.6) is 0 Å². The van der Waals surface area contributed by atoms with Crippen LogP contribution in [0.3, 0.4) is 0 Å². The summed E-state index contributed by atoms with van der Waals surface area (Å²) in [4.78, 5) is 0. The molecule has 0 bridgehead atoms. The van der Waals surface area contributed by atoms with E-state index in [4.69, 9.17) is 6.42 Å². The molecular weight excluding hydrogens is 110 g/mol. The molecule has 1 heterocycles. The average Bonchev–Trinajstić information content (AvgIpc) is 2.36. The molecule has 1 aliphatic rings. The van der Waals surface area contributed by atoms with Gasteiger partial charge in [0, 0.05) is 0 Å². The van der Waals surface area contributed by atoms with Crippen LogP contribution in [0.15, 0.2) is 0 Å². The Labute approximate surface area is 56.8 Å². The fourth-order valence-corrected chi connectivity index (χ4v) is 1.33. The minimum absolute atomic E-state index is 0.0556. The topological polar surface area (TPSA) is 12.0 Å². The molecule has 1 heteroatoms.